The van der Waals surface area contributed by atoms with Crippen molar-refractivity contribution >= 4 is 5.97 Å². The molecule has 2 aliphatic carbocycles. The molecule has 0 aliphatic heterocycles. The van der Waals surface area contributed by atoms with Gasteiger partial charge in [0.15, 0.2) is 0 Å². The third-order valence-corrected chi connectivity index (χ3v) is 3.92. The first-order valence-corrected chi connectivity index (χ1v) is 6.91. The van der Waals surface area contributed by atoms with Crippen LogP contribution in [0.4, 0.5) is 0 Å². The summed E-state index contributed by atoms with van der Waals surface area (Å²) in [6, 6.07) is 2.63. The number of nitrogens with one attached hydrogen (secondary N) is 1. The maximum atomic E-state index is 10.4. The minimum atomic E-state index is -0.735. The highest BCUT2D eigenvalue weighted by Gasteiger charge is 2.38. The first kappa shape index (κ1) is 13.8. The van der Waals surface area contributed by atoms with Crippen molar-refractivity contribution in [3.8, 4) is 6.07 Å². The summed E-state index contributed by atoms with van der Waals surface area (Å²) in [5.74, 6) is -0.735. The van der Waals surface area contributed by atoms with Gasteiger partial charge in [0.1, 0.15) is 5.54 Å². The molecule has 102 valence electrons. The molecule has 0 heterocycles. The molecule has 1 saturated carbocycles. The van der Waals surface area contributed by atoms with Crippen LogP contribution >= 0.6 is 0 Å². The molecule has 0 radical (unpaired) electrons. The van der Waals surface area contributed by atoms with Crippen LogP contribution in [0.2, 0.25) is 0 Å². The number of hydrogen-bond acceptors (Lipinski definition) is 3. The molecule has 0 aromatic rings. The van der Waals surface area contributed by atoms with E-state index in [-0.39, 0.29) is 18.0 Å². The standard InChI is InChI=1S/C15H20N2O2/c16-11-15(9-2-10-15)17-13-7-5-12(6-8-13)3-1-4-14(18)19/h5-7,13,17H,1-4,8-10H2,(H,18,19). The fourth-order valence-corrected chi connectivity index (χ4v) is 2.57. The van der Waals surface area contributed by atoms with Gasteiger partial charge in [-0.1, -0.05) is 23.8 Å². The van der Waals surface area contributed by atoms with Crippen LogP contribution in [0.1, 0.15) is 44.9 Å². The predicted octanol–water partition coefficient (Wildman–Crippen LogP) is 2.53. The van der Waals surface area contributed by atoms with Crippen LogP contribution in [0.25, 0.3) is 0 Å². The van der Waals surface area contributed by atoms with E-state index >= 15 is 0 Å². The van der Waals surface area contributed by atoms with Crippen LogP contribution in [0, 0.1) is 11.3 Å². The third kappa shape index (κ3) is 3.68. The summed E-state index contributed by atoms with van der Waals surface area (Å²) < 4.78 is 0. The zero-order valence-electron chi connectivity index (χ0n) is 11.1. The second kappa shape index (κ2) is 6.03. The Bertz CT molecular complexity index is 442. The summed E-state index contributed by atoms with van der Waals surface area (Å²) in [4.78, 5) is 10.4. The van der Waals surface area contributed by atoms with Gasteiger partial charge in [-0.15, -0.1) is 0 Å². The molecule has 1 unspecified atom stereocenters. The smallest absolute Gasteiger partial charge is 0.303 e. The molecule has 19 heavy (non-hydrogen) atoms. The monoisotopic (exact) mass is 260 g/mol. The Balaban J connectivity index is 1.76. The summed E-state index contributed by atoms with van der Waals surface area (Å²) in [7, 11) is 0. The number of nitriles is 1. The van der Waals surface area contributed by atoms with Crippen LogP contribution in [0.3, 0.4) is 0 Å². The highest BCUT2D eigenvalue weighted by molar-refractivity contribution is 5.66. The van der Waals surface area contributed by atoms with Crippen molar-refractivity contribution in [3.05, 3.63) is 23.8 Å². The van der Waals surface area contributed by atoms with Gasteiger partial charge in [0.25, 0.3) is 0 Å². The first-order valence-electron chi connectivity index (χ1n) is 6.91. The van der Waals surface area contributed by atoms with Gasteiger partial charge in [0.05, 0.1) is 6.07 Å². The zero-order valence-corrected chi connectivity index (χ0v) is 11.1. The average Bonchev–Trinajstić information content (AvgIpc) is 2.35. The van der Waals surface area contributed by atoms with E-state index in [0.29, 0.717) is 6.42 Å². The minimum Gasteiger partial charge on any atom is -0.481 e. The maximum Gasteiger partial charge on any atom is 0.303 e. The number of aliphatic carboxylic acids is 1. The quantitative estimate of drug-likeness (QED) is 0.769. The summed E-state index contributed by atoms with van der Waals surface area (Å²) in [5.41, 5.74) is 0.905. The van der Waals surface area contributed by atoms with Crippen LogP contribution < -0.4 is 5.32 Å². The average molecular weight is 260 g/mol. The molecule has 0 spiro atoms. The topological polar surface area (TPSA) is 73.1 Å². The molecule has 0 aromatic heterocycles. The number of rotatable bonds is 6. The van der Waals surface area contributed by atoms with E-state index in [4.69, 9.17) is 5.11 Å². The number of hydrogen-bond donors (Lipinski definition) is 2. The molecular weight excluding hydrogens is 240 g/mol. The number of nitrogens with zero attached hydrogens (tertiary/aromatic N) is 1. The Hall–Kier alpha value is -1.60. The van der Waals surface area contributed by atoms with Crippen LogP contribution in [-0.2, 0) is 4.79 Å². The van der Waals surface area contributed by atoms with Crippen LogP contribution in [0.15, 0.2) is 23.8 Å². The second-order valence-corrected chi connectivity index (χ2v) is 5.42. The molecule has 2 rings (SSSR count). The van der Waals surface area contributed by atoms with E-state index in [1.807, 2.05) is 0 Å². The Morgan fingerprint density at radius 2 is 2.37 bits per heavy atom. The summed E-state index contributed by atoms with van der Waals surface area (Å²) >= 11 is 0. The van der Waals surface area contributed by atoms with Crippen molar-refractivity contribution in [2.24, 2.45) is 0 Å². The molecule has 2 aliphatic rings. The summed E-state index contributed by atoms with van der Waals surface area (Å²) in [6.07, 6.45) is 12.0. The van der Waals surface area contributed by atoms with Gasteiger partial charge in [0, 0.05) is 12.5 Å². The number of carboxylic acids is 1. The van der Waals surface area contributed by atoms with Gasteiger partial charge < -0.3 is 5.11 Å². The highest BCUT2D eigenvalue weighted by atomic mass is 16.4. The lowest BCUT2D eigenvalue weighted by atomic mass is 9.77. The fourth-order valence-electron chi connectivity index (χ4n) is 2.57. The van der Waals surface area contributed by atoms with Crippen molar-refractivity contribution in [2.45, 2.75) is 56.5 Å². The van der Waals surface area contributed by atoms with E-state index in [2.05, 4.69) is 29.6 Å². The van der Waals surface area contributed by atoms with E-state index < -0.39 is 5.97 Å². The maximum absolute atomic E-state index is 10.4. The van der Waals surface area contributed by atoms with Crippen molar-refractivity contribution in [1.29, 1.82) is 5.26 Å². The third-order valence-electron chi connectivity index (χ3n) is 3.92. The predicted molar refractivity (Wildman–Crippen MR) is 72.4 cm³/mol. The van der Waals surface area contributed by atoms with E-state index in [1.165, 1.54) is 5.57 Å². The van der Waals surface area contributed by atoms with E-state index in [9.17, 15) is 10.1 Å². The first-order chi connectivity index (χ1) is 9.13. The molecule has 0 amide bonds. The van der Waals surface area contributed by atoms with Crippen molar-refractivity contribution < 1.29 is 9.90 Å². The largest absolute Gasteiger partial charge is 0.481 e. The minimum absolute atomic E-state index is 0.227. The number of allylic oxidation sites excluding steroid dienone is 2. The fraction of sp³-hybridized carbons (Fsp3) is 0.600. The van der Waals surface area contributed by atoms with Gasteiger partial charge in [-0.2, -0.15) is 5.26 Å². The molecule has 0 aromatic carbocycles. The lowest BCUT2D eigenvalue weighted by Gasteiger charge is -2.39. The Labute approximate surface area is 113 Å². The Morgan fingerprint density at radius 3 is 2.84 bits per heavy atom. The van der Waals surface area contributed by atoms with Crippen molar-refractivity contribution in [2.75, 3.05) is 0 Å². The summed E-state index contributed by atoms with van der Waals surface area (Å²) in [5, 5.41) is 21.2. The lowest BCUT2D eigenvalue weighted by Crippen LogP contribution is -2.53. The molecule has 0 saturated heterocycles. The molecule has 4 heteroatoms. The van der Waals surface area contributed by atoms with E-state index in [0.717, 1.165) is 32.1 Å². The van der Waals surface area contributed by atoms with Gasteiger partial charge >= 0.3 is 5.97 Å². The lowest BCUT2D eigenvalue weighted by molar-refractivity contribution is -0.137. The van der Waals surface area contributed by atoms with Crippen molar-refractivity contribution in [1.82, 2.24) is 5.32 Å². The van der Waals surface area contributed by atoms with Crippen LogP contribution in [-0.4, -0.2) is 22.7 Å². The van der Waals surface area contributed by atoms with E-state index in [1.54, 1.807) is 0 Å². The van der Waals surface area contributed by atoms with Gasteiger partial charge in [-0.3, -0.25) is 10.1 Å². The van der Waals surface area contributed by atoms with Gasteiger partial charge in [0.2, 0.25) is 0 Å². The molecule has 0 bridgehead atoms. The normalized spacial score (nSPS) is 24.2. The van der Waals surface area contributed by atoms with Crippen molar-refractivity contribution in [3.63, 3.8) is 0 Å². The number of carboxylic acid groups (broad SMARTS) is 1. The van der Waals surface area contributed by atoms with Crippen LogP contribution in [0.5, 0.6) is 0 Å². The molecule has 4 nitrogen and oxygen atoms in total. The van der Waals surface area contributed by atoms with Gasteiger partial charge in [-0.05, 0) is 38.5 Å². The molecule has 2 N–H and O–H groups in total. The zero-order chi connectivity index (χ0) is 13.7. The number of carbonyl (C=O) groups is 1. The SMILES string of the molecule is N#CC1(NC2C=CC(CCCC(=O)O)=CC2)CCC1. The van der Waals surface area contributed by atoms with Gasteiger partial charge in [-0.25, -0.2) is 0 Å². The molecule has 1 atom stereocenters. The molecular formula is C15H20N2O2. The Morgan fingerprint density at radius 1 is 1.58 bits per heavy atom. The second-order valence-electron chi connectivity index (χ2n) is 5.42. The summed E-state index contributed by atoms with van der Waals surface area (Å²) in [6.45, 7) is 0. The highest BCUT2D eigenvalue weighted by Crippen LogP contribution is 2.32. The Kier molecular flexibility index (Phi) is 4.39. The molecule has 1 fully saturated rings.